The molecule has 1 aromatic carbocycles. The van der Waals surface area contributed by atoms with Crippen LogP contribution < -0.4 is 0 Å². The molecule has 0 saturated heterocycles. The van der Waals surface area contributed by atoms with Crippen molar-refractivity contribution in [2.75, 3.05) is 6.61 Å². The smallest absolute Gasteiger partial charge is 0.220 e. The van der Waals surface area contributed by atoms with Gasteiger partial charge >= 0.3 is 0 Å². The van der Waals surface area contributed by atoms with E-state index in [0.717, 1.165) is 47.0 Å². The van der Waals surface area contributed by atoms with Gasteiger partial charge in [-0.25, -0.2) is 14.1 Å². The standard InChI is InChI=1S/C26H30F2N4OSi/c1-17-26(28)31-15-20(9-12-22(31)29-17)23-24(18-7-10-21(27)11-8-18)30-32(25(23)19-5-6-19)16-33-13-14-34(2,3)4/h7-12,15,19H,5-6,13-14,16H2,1-4H3. The summed E-state index contributed by atoms with van der Waals surface area (Å²) in [4.78, 5) is 4.29. The molecule has 0 bridgehead atoms. The highest BCUT2D eigenvalue weighted by Crippen LogP contribution is 2.47. The van der Waals surface area contributed by atoms with Gasteiger partial charge in [0.2, 0.25) is 5.95 Å². The highest BCUT2D eigenvalue weighted by Gasteiger charge is 2.33. The summed E-state index contributed by atoms with van der Waals surface area (Å²) in [5.74, 6) is -0.281. The zero-order valence-electron chi connectivity index (χ0n) is 20.1. The van der Waals surface area contributed by atoms with Gasteiger partial charge in [-0.15, -0.1) is 0 Å². The van der Waals surface area contributed by atoms with Crippen molar-refractivity contribution in [3.05, 3.63) is 65.7 Å². The lowest BCUT2D eigenvalue weighted by Gasteiger charge is -2.16. The summed E-state index contributed by atoms with van der Waals surface area (Å²) in [6, 6.07) is 11.3. The Kier molecular flexibility index (Phi) is 5.89. The normalized spacial score (nSPS) is 14.3. The highest BCUT2D eigenvalue weighted by molar-refractivity contribution is 6.76. The molecule has 5 nitrogen and oxygen atoms in total. The molecule has 178 valence electrons. The molecule has 0 N–H and O–H groups in total. The quantitative estimate of drug-likeness (QED) is 0.210. The molecule has 3 heterocycles. The van der Waals surface area contributed by atoms with E-state index in [0.29, 0.717) is 30.6 Å². The molecule has 3 aromatic heterocycles. The Morgan fingerprint density at radius 1 is 1.03 bits per heavy atom. The van der Waals surface area contributed by atoms with Gasteiger partial charge in [0.15, 0.2) is 0 Å². The second kappa shape index (κ2) is 8.74. The first kappa shape index (κ1) is 22.9. The molecule has 1 fully saturated rings. The van der Waals surface area contributed by atoms with E-state index in [2.05, 4.69) is 24.6 Å². The Labute approximate surface area is 199 Å². The zero-order chi connectivity index (χ0) is 24.0. The lowest BCUT2D eigenvalue weighted by molar-refractivity contribution is 0.0767. The molecule has 0 unspecified atom stereocenters. The molecule has 4 aromatic rings. The third-order valence-electron chi connectivity index (χ3n) is 6.29. The molecule has 1 aliphatic rings. The van der Waals surface area contributed by atoms with Crippen LogP contribution in [0.15, 0.2) is 42.6 Å². The predicted molar refractivity (Wildman–Crippen MR) is 133 cm³/mol. The van der Waals surface area contributed by atoms with Gasteiger partial charge in [0, 0.05) is 43.5 Å². The summed E-state index contributed by atoms with van der Waals surface area (Å²) < 4.78 is 37.9. The third-order valence-corrected chi connectivity index (χ3v) is 8.00. The largest absolute Gasteiger partial charge is 0.360 e. The van der Waals surface area contributed by atoms with Crippen LogP contribution in [0.2, 0.25) is 25.7 Å². The van der Waals surface area contributed by atoms with Crippen LogP contribution in [0.25, 0.3) is 28.0 Å². The third kappa shape index (κ3) is 4.57. The number of imidazole rings is 1. The van der Waals surface area contributed by atoms with Crippen molar-refractivity contribution in [1.29, 1.82) is 0 Å². The number of fused-ring (bicyclic) bond motifs is 1. The Morgan fingerprint density at radius 3 is 2.41 bits per heavy atom. The van der Waals surface area contributed by atoms with Crippen LogP contribution in [0.4, 0.5) is 8.78 Å². The van der Waals surface area contributed by atoms with Crippen molar-refractivity contribution in [2.45, 2.75) is 58.1 Å². The Morgan fingerprint density at radius 2 is 1.74 bits per heavy atom. The lowest BCUT2D eigenvalue weighted by Crippen LogP contribution is -2.22. The fraction of sp³-hybridized carbons (Fsp3) is 0.385. The van der Waals surface area contributed by atoms with Crippen LogP contribution in [-0.2, 0) is 11.5 Å². The number of hydrogen-bond acceptors (Lipinski definition) is 3. The van der Waals surface area contributed by atoms with Crippen molar-refractivity contribution in [3.63, 3.8) is 0 Å². The van der Waals surface area contributed by atoms with Crippen molar-refractivity contribution in [1.82, 2.24) is 19.2 Å². The molecule has 1 saturated carbocycles. The number of aryl methyl sites for hydroxylation is 1. The second-order valence-corrected chi connectivity index (χ2v) is 16.0. The lowest BCUT2D eigenvalue weighted by atomic mass is 9.98. The summed E-state index contributed by atoms with van der Waals surface area (Å²) in [5.41, 5.74) is 5.42. The summed E-state index contributed by atoms with van der Waals surface area (Å²) in [6.45, 7) is 9.72. The average Bonchev–Trinajstić information content (AvgIpc) is 3.50. The van der Waals surface area contributed by atoms with E-state index >= 15 is 0 Å². The molecule has 0 atom stereocenters. The summed E-state index contributed by atoms with van der Waals surface area (Å²) in [7, 11) is -1.20. The fourth-order valence-electron chi connectivity index (χ4n) is 4.25. The number of ether oxygens (including phenoxy) is 1. The van der Waals surface area contributed by atoms with Crippen LogP contribution in [-0.4, -0.2) is 33.8 Å². The SMILES string of the molecule is Cc1nc2ccc(-c3c(-c4ccc(F)cc4)nn(COCC[Si](C)(C)C)c3C3CC3)cn2c1F. The average molecular weight is 481 g/mol. The number of hydrogen-bond donors (Lipinski definition) is 0. The van der Waals surface area contributed by atoms with E-state index in [1.165, 1.54) is 16.5 Å². The summed E-state index contributed by atoms with van der Waals surface area (Å²) in [5, 5.41) is 4.95. The number of rotatable bonds is 8. The number of benzene rings is 1. The first-order chi connectivity index (χ1) is 16.2. The van der Waals surface area contributed by atoms with Crippen LogP contribution in [0.3, 0.4) is 0 Å². The highest BCUT2D eigenvalue weighted by atomic mass is 28.3. The number of pyridine rings is 1. The van der Waals surface area contributed by atoms with Gasteiger partial charge < -0.3 is 4.74 Å². The minimum Gasteiger partial charge on any atom is -0.360 e. The molecule has 0 amide bonds. The topological polar surface area (TPSA) is 44.3 Å². The van der Waals surface area contributed by atoms with Crippen LogP contribution >= 0.6 is 0 Å². The van der Waals surface area contributed by atoms with Gasteiger partial charge in [0.25, 0.3) is 0 Å². The molecule has 8 heteroatoms. The van der Waals surface area contributed by atoms with Crippen LogP contribution in [0.5, 0.6) is 0 Å². The van der Waals surface area contributed by atoms with E-state index in [1.54, 1.807) is 25.3 Å². The maximum Gasteiger partial charge on any atom is 0.220 e. The van der Waals surface area contributed by atoms with Gasteiger partial charge in [-0.3, -0.25) is 4.40 Å². The molecular weight excluding hydrogens is 450 g/mol. The van der Waals surface area contributed by atoms with Gasteiger partial charge in [0.05, 0.1) is 11.4 Å². The van der Waals surface area contributed by atoms with Crippen LogP contribution in [0, 0.1) is 18.7 Å². The van der Waals surface area contributed by atoms with Crippen molar-refractivity contribution in [3.8, 4) is 22.4 Å². The number of nitrogens with zero attached hydrogens (tertiary/aromatic N) is 4. The first-order valence-corrected chi connectivity index (χ1v) is 15.5. The molecule has 0 spiro atoms. The molecule has 5 rings (SSSR count). The first-order valence-electron chi connectivity index (χ1n) is 11.8. The Hall–Kier alpha value is -2.84. The Bertz CT molecular complexity index is 1330. The summed E-state index contributed by atoms with van der Waals surface area (Å²) >= 11 is 0. The number of halogens is 2. The minimum atomic E-state index is -1.20. The van der Waals surface area contributed by atoms with Crippen molar-refractivity contribution < 1.29 is 13.5 Å². The van der Waals surface area contributed by atoms with Gasteiger partial charge in [-0.2, -0.15) is 9.49 Å². The van der Waals surface area contributed by atoms with Gasteiger partial charge in [-0.05, 0) is 62.2 Å². The van der Waals surface area contributed by atoms with Gasteiger partial charge in [-0.1, -0.05) is 19.6 Å². The molecular formula is C26H30F2N4OSi. The van der Waals surface area contributed by atoms with Crippen molar-refractivity contribution in [2.24, 2.45) is 0 Å². The van der Waals surface area contributed by atoms with Crippen LogP contribution in [0.1, 0.15) is 30.1 Å². The van der Waals surface area contributed by atoms with E-state index < -0.39 is 8.07 Å². The molecule has 34 heavy (non-hydrogen) atoms. The molecule has 0 radical (unpaired) electrons. The zero-order valence-corrected chi connectivity index (χ0v) is 21.1. The number of aromatic nitrogens is 4. The second-order valence-electron chi connectivity index (χ2n) is 10.4. The molecule has 1 aliphatic carbocycles. The van der Waals surface area contributed by atoms with E-state index in [1.807, 2.05) is 16.8 Å². The van der Waals surface area contributed by atoms with E-state index in [4.69, 9.17) is 9.84 Å². The fourth-order valence-corrected chi connectivity index (χ4v) is 5.01. The maximum absolute atomic E-state index is 14.7. The van der Waals surface area contributed by atoms with Crippen molar-refractivity contribution >= 4 is 13.7 Å². The molecule has 0 aliphatic heterocycles. The van der Waals surface area contributed by atoms with E-state index in [-0.39, 0.29) is 11.8 Å². The summed E-state index contributed by atoms with van der Waals surface area (Å²) in [6.07, 6.45) is 3.95. The Balaban J connectivity index is 1.62. The maximum atomic E-state index is 14.7. The van der Waals surface area contributed by atoms with Gasteiger partial charge in [0.1, 0.15) is 23.9 Å². The predicted octanol–water partition coefficient (Wildman–Crippen LogP) is 6.64. The minimum absolute atomic E-state index is 0.292. The van der Waals surface area contributed by atoms with E-state index in [9.17, 15) is 8.78 Å². The monoisotopic (exact) mass is 480 g/mol.